The second-order valence-corrected chi connectivity index (χ2v) is 15.0. The number of ether oxygens (including phenoxy) is 2. The van der Waals surface area contributed by atoms with Crippen LogP contribution >= 0.6 is 11.6 Å². The monoisotopic (exact) mass is 614 g/mol. The average molecular weight is 615 g/mol. The number of fused-ring (bicyclic) bond motifs is 4. The molecule has 0 aromatic heterocycles. The zero-order valence-corrected chi connectivity index (χ0v) is 25.9. The molecule has 2 N–H and O–H groups in total. The van der Waals surface area contributed by atoms with E-state index < -0.39 is 33.7 Å². The summed E-state index contributed by atoms with van der Waals surface area (Å²) < 4.78 is 41.6. The number of carbonyl (C=O) groups excluding carboxylic acids is 1. The van der Waals surface area contributed by atoms with Gasteiger partial charge >= 0.3 is 0 Å². The number of rotatable bonds is 0. The highest BCUT2D eigenvalue weighted by Crippen LogP contribution is 2.47. The van der Waals surface area contributed by atoms with Crippen LogP contribution in [0, 0.1) is 11.8 Å². The van der Waals surface area contributed by atoms with Gasteiger partial charge in [-0.05, 0) is 106 Å². The summed E-state index contributed by atoms with van der Waals surface area (Å²) in [6.07, 6.45) is 7.08. The molecule has 0 saturated heterocycles. The molecule has 1 unspecified atom stereocenters. The Bertz CT molecular complexity index is 1520. The predicted octanol–water partition coefficient (Wildman–Crippen LogP) is 4.76. The summed E-state index contributed by atoms with van der Waals surface area (Å²) in [4.78, 5) is 15.4. The van der Waals surface area contributed by atoms with Crippen LogP contribution < -0.4 is 14.4 Å². The first-order valence-electron chi connectivity index (χ1n) is 14.8. The van der Waals surface area contributed by atoms with Gasteiger partial charge in [0.1, 0.15) is 11.4 Å². The van der Waals surface area contributed by atoms with Crippen molar-refractivity contribution < 1.29 is 27.8 Å². The summed E-state index contributed by atoms with van der Waals surface area (Å²) in [7, 11) is -4.20. The minimum atomic E-state index is -4.20. The third kappa shape index (κ3) is 5.45. The van der Waals surface area contributed by atoms with Crippen LogP contribution in [0.4, 0.5) is 5.69 Å². The number of carbonyl (C=O) groups is 1. The molecule has 2 aliphatic heterocycles. The van der Waals surface area contributed by atoms with Gasteiger partial charge in [-0.1, -0.05) is 29.8 Å². The lowest BCUT2D eigenvalue weighted by Gasteiger charge is -2.45. The second-order valence-electron chi connectivity index (χ2n) is 12.9. The average Bonchev–Trinajstić information content (AvgIpc) is 3.06. The van der Waals surface area contributed by atoms with Crippen LogP contribution in [-0.4, -0.2) is 56.9 Å². The topological polar surface area (TPSA) is 105 Å². The number of aliphatic hydroxyl groups is 1. The molecule has 2 aromatic rings. The minimum absolute atomic E-state index is 0.0176. The van der Waals surface area contributed by atoms with Gasteiger partial charge in [0.2, 0.25) is 0 Å². The molecule has 4 aliphatic rings. The SMILES string of the molecule is CC1/C=C/[C@H](O)[C@@H]2CC[C@H]2CN2C[C@@]3(CCCc4cc(Cl)ccc43)COc3ccc(cc32)S(=O)(=O)NC(=O)C(C)(C)O1. The molecular formula is C32H39ClN2O6S. The molecule has 10 heteroatoms. The zero-order valence-electron chi connectivity index (χ0n) is 24.3. The molecule has 6 rings (SSSR count). The second kappa shape index (κ2) is 10.8. The minimum Gasteiger partial charge on any atom is -0.490 e. The van der Waals surface area contributed by atoms with Crippen molar-refractivity contribution in [1.82, 2.24) is 4.72 Å². The Morgan fingerprint density at radius 1 is 1.12 bits per heavy atom. The van der Waals surface area contributed by atoms with Gasteiger partial charge in [-0.3, -0.25) is 4.79 Å². The highest BCUT2D eigenvalue weighted by atomic mass is 35.5. The highest BCUT2D eigenvalue weighted by molar-refractivity contribution is 7.90. The third-order valence-electron chi connectivity index (χ3n) is 9.52. The molecule has 5 atom stereocenters. The first-order chi connectivity index (χ1) is 19.9. The number of anilines is 1. The number of hydrogen-bond donors (Lipinski definition) is 2. The number of amides is 1. The molecule has 1 fully saturated rings. The Labute approximate surface area is 253 Å². The van der Waals surface area contributed by atoms with Crippen molar-refractivity contribution in [1.29, 1.82) is 0 Å². The van der Waals surface area contributed by atoms with Gasteiger partial charge in [-0.25, -0.2) is 13.1 Å². The Morgan fingerprint density at radius 2 is 1.93 bits per heavy atom. The number of nitrogens with one attached hydrogen (secondary N) is 1. The number of aryl methyl sites for hydroxylation is 1. The number of hydrogen-bond acceptors (Lipinski definition) is 7. The smallest absolute Gasteiger partial charge is 0.265 e. The van der Waals surface area contributed by atoms with E-state index >= 15 is 0 Å². The lowest BCUT2D eigenvalue weighted by atomic mass is 9.68. The Kier molecular flexibility index (Phi) is 7.61. The summed E-state index contributed by atoms with van der Waals surface area (Å²) in [6.45, 7) is 6.57. The van der Waals surface area contributed by atoms with Crippen molar-refractivity contribution in [3.8, 4) is 5.75 Å². The highest BCUT2D eigenvalue weighted by Gasteiger charge is 2.44. The maximum absolute atomic E-state index is 13.5. The van der Waals surface area contributed by atoms with Crippen molar-refractivity contribution in [2.45, 2.75) is 81.0 Å². The van der Waals surface area contributed by atoms with Gasteiger partial charge in [-0.15, -0.1) is 0 Å². The molecule has 1 amide bonds. The molecular weight excluding hydrogens is 576 g/mol. The molecule has 1 saturated carbocycles. The normalized spacial score (nSPS) is 32.8. The molecule has 2 bridgehead atoms. The number of halogens is 1. The fourth-order valence-corrected chi connectivity index (χ4v) is 8.41. The maximum Gasteiger partial charge on any atom is 0.265 e. The lowest BCUT2D eigenvalue weighted by molar-refractivity contribution is -0.144. The van der Waals surface area contributed by atoms with E-state index in [2.05, 4.69) is 21.8 Å². The first kappa shape index (κ1) is 29.5. The van der Waals surface area contributed by atoms with Crippen LogP contribution in [0.25, 0.3) is 0 Å². The van der Waals surface area contributed by atoms with E-state index in [1.807, 2.05) is 6.07 Å². The van der Waals surface area contributed by atoms with Gasteiger partial charge in [0.05, 0.1) is 29.4 Å². The van der Waals surface area contributed by atoms with Crippen LogP contribution in [0.15, 0.2) is 53.4 Å². The van der Waals surface area contributed by atoms with Crippen molar-refractivity contribution in [3.05, 3.63) is 64.7 Å². The fraction of sp³-hybridized carbons (Fsp3) is 0.531. The van der Waals surface area contributed by atoms with E-state index in [-0.39, 0.29) is 22.1 Å². The zero-order chi connectivity index (χ0) is 29.9. The van der Waals surface area contributed by atoms with Crippen LogP contribution in [0.2, 0.25) is 5.02 Å². The Morgan fingerprint density at radius 3 is 2.69 bits per heavy atom. The summed E-state index contributed by atoms with van der Waals surface area (Å²) >= 11 is 6.38. The molecule has 2 aliphatic carbocycles. The molecule has 8 nitrogen and oxygen atoms in total. The van der Waals surface area contributed by atoms with E-state index in [9.17, 15) is 18.3 Å². The summed E-state index contributed by atoms with van der Waals surface area (Å²) in [5, 5.41) is 11.9. The van der Waals surface area contributed by atoms with Crippen LogP contribution in [0.1, 0.15) is 57.6 Å². The summed E-state index contributed by atoms with van der Waals surface area (Å²) in [5.74, 6) is 0.106. The largest absolute Gasteiger partial charge is 0.490 e. The van der Waals surface area contributed by atoms with Crippen LogP contribution in [-0.2, 0) is 31.4 Å². The van der Waals surface area contributed by atoms with E-state index in [1.54, 1.807) is 31.2 Å². The number of sulfonamides is 1. The number of nitrogens with zero attached hydrogens (tertiary/aromatic N) is 1. The van der Waals surface area contributed by atoms with Gasteiger partial charge in [0, 0.05) is 23.5 Å². The van der Waals surface area contributed by atoms with E-state index in [1.165, 1.54) is 31.0 Å². The van der Waals surface area contributed by atoms with E-state index in [0.717, 1.165) is 32.1 Å². The first-order valence-corrected chi connectivity index (χ1v) is 16.7. The van der Waals surface area contributed by atoms with Crippen molar-refractivity contribution >= 4 is 33.2 Å². The van der Waals surface area contributed by atoms with E-state index in [0.29, 0.717) is 36.2 Å². The quantitative estimate of drug-likeness (QED) is 0.412. The van der Waals surface area contributed by atoms with Crippen molar-refractivity contribution in [2.24, 2.45) is 11.8 Å². The standard InChI is InChI=1S/C32H39ClN2O6S/c1-20-6-12-28(36)25-10-7-22(25)17-35-18-32(14-4-5-21-15-23(33)8-11-26(21)32)19-40-29-13-9-24(16-27(29)35)42(38,39)34-30(37)31(2,3)41-20/h6,8-9,11-13,15-16,20,22,25,28,36H,4-5,7,10,14,17-19H2,1-3H3,(H,34,37)/b12-6+/t20?,22-,25+,28-,32-/m0/s1. The van der Waals surface area contributed by atoms with Crippen LogP contribution in [0.3, 0.4) is 0 Å². The molecule has 2 heterocycles. The molecule has 1 spiro atoms. The fourth-order valence-electron chi connectivity index (χ4n) is 7.09. The molecule has 0 radical (unpaired) electrons. The van der Waals surface area contributed by atoms with Crippen molar-refractivity contribution in [2.75, 3.05) is 24.6 Å². The third-order valence-corrected chi connectivity index (χ3v) is 11.1. The number of benzene rings is 2. The molecule has 2 aromatic carbocycles. The molecule has 42 heavy (non-hydrogen) atoms. The predicted molar refractivity (Wildman–Crippen MR) is 162 cm³/mol. The number of aliphatic hydroxyl groups excluding tert-OH is 1. The summed E-state index contributed by atoms with van der Waals surface area (Å²) in [5.41, 5.74) is 1.39. The van der Waals surface area contributed by atoms with Gasteiger partial charge < -0.3 is 19.5 Å². The van der Waals surface area contributed by atoms with Crippen LogP contribution in [0.5, 0.6) is 5.75 Å². The van der Waals surface area contributed by atoms with Gasteiger partial charge in [-0.2, -0.15) is 0 Å². The Hall–Kier alpha value is -2.59. The Balaban J connectivity index is 1.44. The summed E-state index contributed by atoms with van der Waals surface area (Å²) in [6, 6.07) is 10.9. The molecule has 226 valence electrons. The lowest BCUT2D eigenvalue weighted by Crippen LogP contribution is -2.49. The van der Waals surface area contributed by atoms with Gasteiger partial charge in [0.15, 0.2) is 0 Å². The maximum atomic E-state index is 13.5. The van der Waals surface area contributed by atoms with Gasteiger partial charge in [0.25, 0.3) is 15.9 Å². The van der Waals surface area contributed by atoms with Crippen molar-refractivity contribution in [3.63, 3.8) is 0 Å². The van der Waals surface area contributed by atoms with E-state index in [4.69, 9.17) is 21.1 Å².